The van der Waals surface area contributed by atoms with Gasteiger partial charge in [0.25, 0.3) is 0 Å². The molecule has 8 heteroatoms. The van der Waals surface area contributed by atoms with Crippen LogP contribution in [0.4, 0.5) is 32.0 Å². The molecule has 0 aliphatic rings. The predicted molar refractivity (Wildman–Crippen MR) is 70.1 cm³/mol. The van der Waals surface area contributed by atoms with E-state index in [0.29, 0.717) is 6.07 Å². The first kappa shape index (κ1) is 16.9. The third-order valence-corrected chi connectivity index (χ3v) is 2.93. The van der Waals surface area contributed by atoms with Crippen LogP contribution in [-0.2, 0) is 17.4 Å². The molecule has 2 aromatic rings. The van der Waals surface area contributed by atoms with Crippen molar-refractivity contribution in [2.75, 3.05) is 5.32 Å². The minimum Gasteiger partial charge on any atom is -0.323 e. The van der Waals surface area contributed by atoms with E-state index < -0.39 is 47.2 Å². The summed E-state index contributed by atoms with van der Waals surface area (Å²) < 4.78 is 76.9. The lowest BCUT2D eigenvalue weighted by Crippen LogP contribution is -2.16. The van der Waals surface area contributed by atoms with Crippen molar-refractivity contribution < 1.29 is 31.1 Å². The van der Waals surface area contributed by atoms with E-state index in [-0.39, 0.29) is 5.56 Å². The monoisotopic (exact) mass is 333 g/mol. The smallest absolute Gasteiger partial charge is 0.323 e. The quantitative estimate of drug-likeness (QED) is 0.658. The fraction of sp³-hybridized carbons (Fsp3) is 0.133. The number of anilines is 1. The number of carbonyl (C=O) groups is 1. The van der Waals surface area contributed by atoms with Crippen molar-refractivity contribution in [3.8, 4) is 0 Å². The van der Waals surface area contributed by atoms with Crippen LogP contribution in [0.2, 0.25) is 0 Å². The lowest BCUT2D eigenvalue weighted by Gasteiger charge is -2.10. The fourth-order valence-corrected chi connectivity index (χ4v) is 1.86. The molecule has 0 unspecified atom stereocenters. The van der Waals surface area contributed by atoms with Gasteiger partial charge in [0.15, 0.2) is 17.5 Å². The second-order valence-electron chi connectivity index (χ2n) is 4.65. The van der Waals surface area contributed by atoms with Crippen molar-refractivity contribution in [1.82, 2.24) is 0 Å². The van der Waals surface area contributed by atoms with E-state index in [4.69, 9.17) is 0 Å². The molecule has 0 spiro atoms. The van der Waals surface area contributed by atoms with E-state index in [1.54, 1.807) is 0 Å². The second-order valence-corrected chi connectivity index (χ2v) is 4.65. The van der Waals surface area contributed by atoms with Crippen LogP contribution >= 0.6 is 0 Å². The largest absolute Gasteiger partial charge is 0.416 e. The van der Waals surface area contributed by atoms with E-state index in [1.165, 1.54) is 6.07 Å². The van der Waals surface area contributed by atoms with Crippen molar-refractivity contribution in [2.24, 2.45) is 0 Å². The number of amides is 1. The van der Waals surface area contributed by atoms with Gasteiger partial charge in [0.2, 0.25) is 5.91 Å². The molecule has 0 aromatic heterocycles. The van der Waals surface area contributed by atoms with Gasteiger partial charge in [-0.05, 0) is 23.8 Å². The summed E-state index contributed by atoms with van der Waals surface area (Å²) in [7, 11) is 0. The molecule has 2 aromatic carbocycles. The molecule has 2 nitrogen and oxygen atoms in total. The number of benzene rings is 2. The number of hydrogen-bond donors (Lipinski definition) is 1. The highest BCUT2D eigenvalue weighted by molar-refractivity contribution is 5.92. The molecule has 0 aliphatic carbocycles. The molecule has 1 amide bonds. The van der Waals surface area contributed by atoms with E-state index >= 15 is 0 Å². The predicted octanol–water partition coefficient (Wildman–Crippen LogP) is 4.30. The zero-order valence-electron chi connectivity index (χ0n) is 11.3. The number of halogens is 6. The molecule has 0 aliphatic heterocycles. The maximum absolute atomic E-state index is 13.4. The van der Waals surface area contributed by atoms with E-state index in [1.807, 2.05) is 5.32 Å². The van der Waals surface area contributed by atoms with Crippen molar-refractivity contribution in [3.05, 3.63) is 65.0 Å². The van der Waals surface area contributed by atoms with Crippen LogP contribution in [-0.4, -0.2) is 5.91 Å². The number of nitrogens with one attached hydrogen (secondary N) is 1. The van der Waals surface area contributed by atoms with Crippen LogP contribution in [0.5, 0.6) is 0 Å². The lowest BCUT2D eigenvalue weighted by molar-refractivity contribution is -0.137. The summed E-state index contributed by atoms with van der Waals surface area (Å²) in [6, 6.07) is 5.48. The van der Waals surface area contributed by atoms with Crippen molar-refractivity contribution in [1.29, 1.82) is 0 Å². The molecule has 0 saturated heterocycles. The van der Waals surface area contributed by atoms with Crippen LogP contribution in [0, 0.1) is 17.5 Å². The van der Waals surface area contributed by atoms with Gasteiger partial charge in [0, 0.05) is 0 Å². The molecule has 0 fully saturated rings. The van der Waals surface area contributed by atoms with Crippen LogP contribution in [0.15, 0.2) is 36.4 Å². The van der Waals surface area contributed by atoms with Crippen LogP contribution in [0.1, 0.15) is 11.1 Å². The van der Waals surface area contributed by atoms with E-state index in [9.17, 15) is 31.1 Å². The summed E-state index contributed by atoms with van der Waals surface area (Å²) in [4.78, 5) is 11.7. The topological polar surface area (TPSA) is 29.1 Å². The average molecular weight is 333 g/mol. The second kappa shape index (κ2) is 6.31. The van der Waals surface area contributed by atoms with Gasteiger partial charge in [0.1, 0.15) is 0 Å². The lowest BCUT2D eigenvalue weighted by atomic mass is 10.1. The van der Waals surface area contributed by atoms with Gasteiger partial charge in [-0.3, -0.25) is 4.79 Å². The summed E-state index contributed by atoms with van der Waals surface area (Å²) in [6.07, 6.45) is -5.04. The Bertz CT molecular complexity index is 741. The molecule has 0 bridgehead atoms. The van der Waals surface area contributed by atoms with Gasteiger partial charge >= 0.3 is 6.18 Å². The van der Waals surface area contributed by atoms with Crippen molar-refractivity contribution in [3.63, 3.8) is 0 Å². The van der Waals surface area contributed by atoms with E-state index in [2.05, 4.69) is 0 Å². The first-order valence-corrected chi connectivity index (χ1v) is 6.28. The standard InChI is InChI=1S/C15H9F6NO/c16-10-4-5-11(14(18)13(10)17)22-12(23)7-8-2-1-3-9(6-8)15(19,20)21/h1-6H,7H2,(H,22,23). The summed E-state index contributed by atoms with van der Waals surface area (Å²) in [5, 5.41) is 1.98. The molecule has 0 heterocycles. The average Bonchev–Trinajstić information content (AvgIpc) is 2.47. The van der Waals surface area contributed by atoms with Crippen molar-refractivity contribution >= 4 is 11.6 Å². The summed E-state index contributed by atoms with van der Waals surface area (Å²) in [6.45, 7) is 0. The summed E-state index contributed by atoms with van der Waals surface area (Å²) in [5.41, 5.74) is -1.48. The highest BCUT2D eigenvalue weighted by Gasteiger charge is 2.30. The third kappa shape index (κ3) is 4.02. The zero-order chi connectivity index (χ0) is 17.2. The normalized spacial score (nSPS) is 11.4. The molecule has 122 valence electrons. The Morgan fingerprint density at radius 3 is 2.35 bits per heavy atom. The first-order chi connectivity index (χ1) is 10.7. The van der Waals surface area contributed by atoms with E-state index in [0.717, 1.165) is 24.3 Å². The SMILES string of the molecule is O=C(Cc1cccc(C(F)(F)F)c1)Nc1ccc(F)c(F)c1F. The van der Waals surface area contributed by atoms with Crippen molar-refractivity contribution in [2.45, 2.75) is 12.6 Å². The molecular weight excluding hydrogens is 324 g/mol. The Morgan fingerprint density at radius 2 is 1.70 bits per heavy atom. The third-order valence-electron chi connectivity index (χ3n) is 2.93. The van der Waals surface area contributed by atoms with Gasteiger partial charge < -0.3 is 5.32 Å². The highest BCUT2D eigenvalue weighted by atomic mass is 19.4. The Balaban J connectivity index is 2.13. The molecular formula is C15H9F6NO. The first-order valence-electron chi connectivity index (χ1n) is 6.28. The van der Waals surface area contributed by atoms with Gasteiger partial charge in [0.05, 0.1) is 17.7 Å². The van der Waals surface area contributed by atoms with Gasteiger partial charge in [-0.2, -0.15) is 13.2 Å². The number of hydrogen-bond acceptors (Lipinski definition) is 1. The molecule has 23 heavy (non-hydrogen) atoms. The molecule has 0 saturated carbocycles. The molecule has 0 atom stereocenters. The van der Waals surface area contributed by atoms with Crippen LogP contribution in [0.3, 0.4) is 0 Å². The minimum atomic E-state index is -4.56. The fourth-order valence-electron chi connectivity index (χ4n) is 1.86. The zero-order valence-corrected chi connectivity index (χ0v) is 11.3. The summed E-state index contributed by atoms with van der Waals surface area (Å²) >= 11 is 0. The number of rotatable bonds is 3. The number of carbonyl (C=O) groups excluding carboxylic acids is 1. The number of alkyl halides is 3. The van der Waals surface area contributed by atoms with Gasteiger partial charge in [-0.1, -0.05) is 18.2 Å². The van der Waals surface area contributed by atoms with Gasteiger partial charge in [-0.15, -0.1) is 0 Å². The maximum atomic E-state index is 13.4. The van der Waals surface area contributed by atoms with Crippen LogP contribution < -0.4 is 5.32 Å². The maximum Gasteiger partial charge on any atom is 0.416 e. The Morgan fingerprint density at radius 1 is 1.00 bits per heavy atom. The summed E-state index contributed by atoms with van der Waals surface area (Å²) in [5.74, 6) is -5.61. The highest BCUT2D eigenvalue weighted by Crippen LogP contribution is 2.29. The molecule has 0 radical (unpaired) electrons. The van der Waals surface area contributed by atoms with Gasteiger partial charge in [-0.25, -0.2) is 13.2 Å². The minimum absolute atomic E-state index is 0.0420. The molecule has 1 N–H and O–H groups in total. The molecule has 2 rings (SSSR count). The Labute approximate surface area is 126 Å². The Kier molecular flexibility index (Phi) is 4.63. The Hall–Kier alpha value is -2.51. The van der Waals surface area contributed by atoms with Crippen LogP contribution in [0.25, 0.3) is 0 Å².